The smallest absolute Gasteiger partial charge is 0.322 e. The second kappa shape index (κ2) is 9.87. The summed E-state index contributed by atoms with van der Waals surface area (Å²) >= 11 is 0. The van der Waals surface area contributed by atoms with Crippen LogP contribution in [0, 0.1) is 6.92 Å². The summed E-state index contributed by atoms with van der Waals surface area (Å²) in [6.45, 7) is 1.74. The van der Waals surface area contributed by atoms with Gasteiger partial charge in [0, 0.05) is 23.1 Å². The van der Waals surface area contributed by atoms with E-state index in [1.54, 1.807) is 31.2 Å². The number of nitrogens with zero attached hydrogens (tertiary/aromatic N) is 3. The summed E-state index contributed by atoms with van der Waals surface area (Å²) in [7, 11) is 0. The van der Waals surface area contributed by atoms with Crippen LogP contribution in [-0.2, 0) is 12.8 Å². The molecule has 182 valence electrons. The molecule has 36 heavy (non-hydrogen) atoms. The summed E-state index contributed by atoms with van der Waals surface area (Å²) in [5.74, 6) is 0.0312. The predicted octanol–water partition coefficient (Wildman–Crippen LogP) is 4.04. The second-order valence-corrected chi connectivity index (χ2v) is 8.60. The Kier molecular flexibility index (Phi) is 6.31. The second-order valence-electron chi connectivity index (χ2n) is 8.60. The van der Waals surface area contributed by atoms with Gasteiger partial charge in [-0.05, 0) is 74.1 Å². The van der Waals surface area contributed by atoms with Crippen molar-refractivity contribution in [3.8, 4) is 5.82 Å². The normalized spacial score (nSPS) is 12.5. The molecule has 1 aliphatic carbocycles. The summed E-state index contributed by atoms with van der Waals surface area (Å²) < 4.78 is 1.47. The molecule has 10 nitrogen and oxygen atoms in total. The summed E-state index contributed by atoms with van der Waals surface area (Å²) in [5.41, 5.74) is 4.97. The van der Waals surface area contributed by atoms with Crippen LogP contribution in [0.1, 0.15) is 40.0 Å². The zero-order chi connectivity index (χ0) is 25.1. The Bertz CT molecular complexity index is 1490. The number of urea groups is 1. The van der Waals surface area contributed by atoms with E-state index in [4.69, 9.17) is 0 Å². The van der Waals surface area contributed by atoms with Crippen molar-refractivity contribution in [3.05, 3.63) is 93.5 Å². The van der Waals surface area contributed by atoms with Crippen molar-refractivity contribution < 1.29 is 9.59 Å². The molecule has 0 atom stereocenters. The lowest BCUT2D eigenvalue weighted by Crippen LogP contribution is -2.21. The van der Waals surface area contributed by atoms with Crippen molar-refractivity contribution in [1.82, 2.24) is 20.0 Å². The number of H-pyrrole nitrogens is 1. The minimum Gasteiger partial charge on any atom is -0.322 e. The quantitative estimate of drug-likeness (QED) is 0.340. The average Bonchev–Trinajstić information content (AvgIpc) is 3.26. The third kappa shape index (κ3) is 4.88. The fraction of sp³-hybridized carbons (Fsp3) is 0.192. The highest BCUT2D eigenvalue weighted by Crippen LogP contribution is 2.28. The third-order valence-corrected chi connectivity index (χ3v) is 6.16. The lowest BCUT2D eigenvalue weighted by atomic mass is 9.90. The number of benzene rings is 2. The van der Waals surface area contributed by atoms with Crippen LogP contribution in [0.5, 0.6) is 0 Å². The minimum absolute atomic E-state index is 0.327. The number of anilines is 3. The summed E-state index contributed by atoms with van der Waals surface area (Å²) in [5, 5.41) is 19.1. The van der Waals surface area contributed by atoms with E-state index < -0.39 is 0 Å². The Morgan fingerprint density at radius 2 is 1.72 bits per heavy atom. The van der Waals surface area contributed by atoms with Gasteiger partial charge in [-0.3, -0.25) is 9.59 Å². The molecule has 5 rings (SSSR count). The Morgan fingerprint density at radius 3 is 2.53 bits per heavy atom. The first-order valence-electron chi connectivity index (χ1n) is 11.7. The highest BCUT2D eigenvalue weighted by Gasteiger charge is 2.17. The van der Waals surface area contributed by atoms with Crippen molar-refractivity contribution in [2.45, 2.75) is 32.6 Å². The van der Waals surface area contributed by atoms with Gasteiger partial charge in [-0.15, -0.1) is 0 Å². The maximum atomic E-state index is 12.9. The average molecular weight is 484 g/mol. The van der Waals surface area contributed by atoms with Crippen LogP contribution in [0.25, 0.3) is 5.82 Å². The molecule has 0 saturated heterocycles. The lowest BCUT2D eigenvalue weighted by Gasteiger charge is -2.19. The largest absolute Gasteiger partial charge is 0.323 e. The molecule has 2 aromatic carbocycles. The number of fused-ring (bicyclic) bond motifs is 1. The number of aromatic amines is 1. The molecule has 0 unspecified atom stereocenters. The monoisotopic (exact) mass is 483 g/mol. The Morgan fingerprint density at radius 1 is 0.944 bits per heavy atom. The number of aryl methyl sites for hydroxylation is 1. The minimum atomic E-state index is -0.360. The Labute approximate surface area is 206 Å². The van der Waals surface area contributed by atoms with Crippen molar-refractivity contribution in [1.29, 1.82) is 0 Å². The Balaban J connectivity index is 1.26. The maximum absolute atomic E-state index is 12.9. The molecule has 4 N–H and O–H groups in total. The molecular formula is C26H25N7O3. The van der Waals surface area contributed by atoms with Gasteiger partial charge in [0.05, 0.1) is 17.5 Å². The van der Waals surface area contributed by atoms with Gasteiger partial charge in [-0.25, -0.2) is 14.6 Å². The number of aromatic nitrogens is 4. The number of hydrogen-bond acceptors (Lipinski definition) is 5. The van der Waals surface area contributed by atoms with Crippen molar-refractivity contribution in [2.75, 3.05) is 16.0 Å². The van der Waals surface area contributed by atoms with Crippen LogP contribution in [-0.4, -0.2) is 31.9 Å². The molecule has 0 aliphatic heterocycles. The molecule has 0 bridgehead atoms. The lowest BCUT2D eigenvalue weighted by molar-refractivity contribution is 0.102. The van der Waals surface area contributed by atoms with Crippen molar-refractivity contribution in [2.24, 2.45) is 0 Å². The van der Waals surface area contributed by atoms with E-state index >= 15 is 0 Å². The van der Waals surface area contributed by atoms with Crippen LogP contribution in [0.3, 0.4) is 0 Å². The number of rotatable bonds is 5. The zero-order valence-corrected chi connectivity index (χ0v) is 19.7. The van der Waals surface area contributed by atoms with Crippen LogP contribution < -0.4 is 21.5 Å². The SMILES string of the molecule is Cc1c(C(=O)Nc2cccc(NC(=O)Nc3cccc4c3CCCC4)c2)cnn1-c1ccc(=O)[nH]n1. The maximum Gasteiger partial charge on any atom is 0.323 e. The van der Waals surface area contributed by atoms with E-state index in [1.807, 2.05) is 12.1 Å². The van der Waals surface area contributed by atoms with Gasteiger partial charge in [-0.2, -0.15) is 10.2 Å². The predicted molar refractivity (Wildman–Crippen MR) is 137 cm³/mol. The third-order valence-electron chi connectivity index (χ3n) is 6.16. The number of carbonyl (C=O) groups is 2. The van der Waals surface area contributed by atoms with Crippen LogP contribution in [0.4, 0.5) is 21.9 Å². The number of nitrogens with one attached hydrogen (secondary N) is 4. The topological polar surface area (TPSA) is 134 Å². The first-order valence-corrected chi connectivity index (χ1v) is 11.7. The molecule has 10 heteroatoms. The molecule has 0 saturated carbocycles. The van der Waals surface area contributed by atoms with Gasteiger partial charge in [0.25, 0.3) is 11.5 Å². The molecular weight excluding hydrogens is 458 g/mol. The van der Waals surface area contributed by atoms with E-state index in [1.165, 1.54) is 40.6 Å². The van der Waals surface area contributed by atoms with E-state index in [2.05, 4.69) is 37.3 Å². The van der Waals surface area contributed by atoms with Gasteiger partial charge in [0.1, 0.15) is 0 Å². The molecule has 1 aliphatic rings. The summed E-state index contributed by atoms with van der Waals surface area (Å²) in [4.78, 5) is 36.8. The molecule has 0 radical (unpaired) electrons. The number of amides is 3. The highest BCUT2D eigenvalue weighted by atomic mass is 16.2. The standard InChI is InChI=1S/C26H25N7O3/c1-16-21(15-27-33(16)23-12-13-24(34)32-31-23)25(35)28-18-8-5-9-19(14-18)29-26(36)30-22-11-4-7-17-6-2-3-10-20(17)22/h4-5,7-9,11-15H,2-3,6,10H2,1H3,(H,28,35)(H,32,34)(H2,29,30,36). The van der Waals surface area contributed by atoms with Crippen LogP contribution >= 0.6 is 0 Å². The van der Waals surface area contributed by atoms with Crippen molar-refractivity contribution in [3.63, 3.8) is 0 Å². The van der Waals surface area contributed by atoms with Gasteiger partial charge < -0.3 is 16.0 Å². The first kappa shape index (κ1) is 23.0. The molecule has 0 fully saturated rings. The van der Waals surface area contributed by atoms with E-state index in [-0.39, 0.29) is 17.5 Å². The van der Waals surface area contributed by atoms with Gasteiger partial charge in [-0.1, -0.05) is 18.2 Å². The van der Waals surface area contributed by atoms with Crippen LogP contribution in [0.15, 0.2) is 65.6 Å². The van der Waals surface area contributed by atoms with E-state index in [0.717, 1.165) is 24.9 Å². The van der Waals surface area contributed by atoms with Gasteiger partial charge in [0.2, 0.25) is 0 Å². The fourth-order valence-corrected chi connectivity index (χ4v) is 4.37. The van der Waals surface area contributed by atoms with Gasteiger partial charge >= 0.3 is 6.03 Å². The molecule has 0 spiro atoms. The highest BCUT2D eigenvalue weighted by molar-refractivity contribution is 6.05. The summed E-state index contributed by atoms with van der Waals surface area (Å²) in [6, 6.07) is 15.4. The number of hydrogen-bond donors (Lipinski definition) is 4. The van der Waals surface area contributed by atoms with Gasteiger partial charge in [0.15, 0.2) is 5.82 Å². The first-order chi connectivity index (χ1) is 17.5. The zero-order valence-electron chi connectivity index (χ0n) is 19.7. The van der Waals surface area contributed by atoms with Crippen molar-refractivity contribution >= 4 is 29.0 Å². The molecule has 4 aromatic rings. The molecule has 2 aromatic heterocycles. The van der Waals surface area contributed by atoms with Crippen LogP contribution in [0.2, 0.25) is 0 Å². The molecule has 3 amide bonds. The molecule has 2 heterocycles. The number of carbonyl (C=O) groups excluding carboxylic acids is 2. The fourth-order valence-electron chi connectivity index (χ4n) is 4.37. The summed E-state index contributed by atoms with van der Waals surface area (Å²) in [6.07, 6.45) is 5.73. The van der Waals surface area contributed by atoms with E-state index in [9.17, 15) is 14.4 Å². The Hall–Kier alpha value is -4.73. The van der Waals surface area contributed by atoms with E-state index in [0.29, 0.717) is 28.5 Å².